The van der Waals surface area contributed by atoms with Gasteiger partial charge in [0.25, 0.3) is 5.91 Å². The molecule has 8 nitrogen and oxygen atoms in total. The minimum absolute atomic E-state index is 0.217. The summed E-state index contributed by atoms with van der Waals surface area (Å²) in [5.41, 5.74) is 2.02. The molecule has 0 spiro atoms. The normalized spacial score (nSPS) is 18.7. The second-order valence-corrected chi connectivity index (χ2v) is 7.48. The second-order valence-electron chi connectivity index (χ2n) is 6.62. The molecule has 29 heavy (non-hydrogen) atoms. The number of aliphatic hydroxyl groups is 1. The number of rotatable bonds is 3. The van der Waals surface area contributed by atoms with Crippen LogP contribution in [0.5, 0.6) is 0 Å². The minimum atomic E-state index is -1.66. The second kappa shape index (κ2) is 7.31. The SMILES string of the molecule is CCOC(=O)c1nn(-c2cccc(C#CC3(O)CCN(C)C3=O)c2)c2ncsc12. The van der Waals surface area contributed by atoms with E-state index in [1.165, 1.54) is 16.2 Å². The van der Waals surface area contributed by atoms with E-state index in [0.29, 0.717) is 28.1 Å². The molecular formula is C20H18N4O4S. The zero-order chi connectivity index (χ0) is 20.6. The standard InChI is InChI=1S/C20H18N4O4S/c1-3-28-18(25)15-16-17(21-12-29-16)24(22-15)14-6-4-5-13(11-14)7-8-20(27)9-10-23(2)19(20)26/h4-6,11-12,27H,3,9-10H2,1-2H3. The lowest BCUT2D eigenvalue weighted by molar-refractivity contribution is -0.137. The number of benzene rings is 1. The van der Waals surface area contributed by atoms with Crippen molar-refractivity contribution in [2.24, 2.45) is 0 Å². The van der Waals surface area contributed by atoms with Crippen LogP contribution < -0.4 is 0 Å². The molecule has 3 heterocycles. The Hall–Kier alpha value is -3.22. The van der Waals surface area contributed by atoms with Crippen molar-refractivity contribution in [1.82, 2.24) is 19.7 Å². The highest BCUT2D eigenvalue weighted by Crippen LogP contribution is 2.26. The van der Waals surface area contributed by atoms with Crippen molar-refractivity contribution in [2.75, 3.05) is 20.2 Å². The molecule has 2 aromatic heterocycles. The number of amides is 1. The number of ether oxygens (including phenoxy) is 1. The van der Waals surface area contributed by atoms with E-state index in [-0.39, 0.29) is 18.7 Å². The Bertz CT molecular complexity index is 1170. The first kappa shape index (κ1) is 19.1. The molecule has 148 valence electrons. The number of hydrogen-bond donors (Lipinski definition) is 1. The minimum Gasteiger partial charge on any atom is -0.461 e. The van der Waals surface area contributed by atoms with Gasteiger partial charge >= 0.3 is 5.97 Å². The topological polar surface area (TPSA) is 97.5 Å². The van der Waals surface area contributed by atoms with Crippen LogP contribution in [-0.2, 0) is 9.53 Å². The Morgan fingerprint density at radius 3 is 3.00 bits per heavy atom. The number of esters is 1. The summed E-state index contributed by atoms with van der Waals surface area (Å²) < 4.78 is 7.29. The van der Waals surface area contributed by atoms with E-state index in [0.717, 1.165) is 0 Å². The Labute approximate surface area is 170 Å². The van der Waals surface area contributed by atoms with Crippen molar-refractivity contribution in [2.45, 2.75) is 18.9 Å². The molecule has 1 aliphatic heterocycles. The average Bonchev–Trinajstić information content (AvgIpc) is 3.39. The molecule has 1 N–H and O–H groups in total. The lowest BCUT2D eigenvalue weighted by Gasteiger charge is -2.13. The number of aromatic nitrogens is 3. The van der Waals surface area contributed by atoms with Gasteiger partial charge in [-0.05, 0) is 25.1 Å². The highest BCUT2D eigenvalue weighted by atomic mass is 32.1. The van der Waals surface area contributed by atoms with Gasteiger partial charge in [-0.25, -0.2) is 14.5 Å². The van der Waals surface area contributed by atoms with E-state index in [9.17, 15) is 14.7 Å². The number of hydrogen-bond acceptors (Lipinski definition) is 7. The summed E-state index contributed by atoms with van der Waals surface area (Å²) in [6.07, 6.45) is 0.274. The van der Waals surface area contributed by atoms with Gasteiger partial charge in [-0.1, -0.05) is 17.9 Å². The monoisotopic (exact) mass is 410 g/mol. The van der Waals surface area contributed by atoms with Crippen LogP contribution in [0.4, 0.5) is 0 Å². The fraction of sp³-hybridized carbons (Fsp3) is 0.300. The zero-order valence-corrected chi connectivity index (χ0v) is 16.7. The third-order valence-electron chi connectivity index (χ3n) is 4.65. The predicted octanol–water partition coefficient (Wildman–Crippen LogP) is 1.60. The van der Waals surface area contributed by atoms with Crippen LogP contribution in [0.2, 0.25) is 0 Å². The molecule has 1 aromatic carbocycles. The lowest BCUT2D eigenvalue weighted by atomic mass is 10.0. The van der Waals surface area contributed by atoms with Gasteiger partial charge < -0.3 is 14.7 Å². The number of nitrogens with zero attached hydrogens (tertiary/aromatic N) is 4. The molecule has 0 saturated carbocycles. The maximum absolute atomic E-state index is 12.2. The molecule has 1 aliphatic rings. The molecule has 0 aliphatic carbocycles. The first-order valence-electron chi connectivity index (χ1n) is 9.04. The van der Waals surface area contributed by atoms with Gasteiger partial charge in [0, 0.05) is 25.6 Å². The van der Waals surface area contributed by atoms with Crippen molar-refractivity contribution in [1.29, 1.82) is 0 Å². The van der Waals surface area contributed by atoms with Crippen LogP contribution in [0.15, 0.2) is 29.8 Å². The number of likely N-dealkylation sites (tertiary alicyclic amines) is 1. The van der Waals surface area contributed by atoms with Gasteiger partial charge in [0.2, 0.25) is 5.60 Å². The Kier molecular flexibility index (Phi) is 4.82. The summed E-state index contributed by atoms with van der Waals surface area (Å²) in [6, 6.07) is 7.14. The molecule has 1 unspecified atom stereocenters. The smallest absolute Gasteiger partial charge is 0.360 e. The van der Waals surface area contributed by atoms with Crippen molar-refractivity contribution in [3.05, 3.63) is 41.0 Å². The van der Waals surface area contributed by atoms with E-state index in [2.05, 4.69) is 21.9 Å². The lowest BCUT2D eigenvalue weighted by Crippen LogP contribution is -2.37. The van der Waals surface area contributed by atoms with E-state index < -0.39 is 17.5 Å². The van der Waals surface area contributed by atoms with Crippen LogP contribution in [0.3, 0.4) is 0 Å². The molecule has 1 atom stereocenters. The summed E-state index contributed by atoms with van der Waals surface area (Å²) in [7, 11) is 1.64. The molecule has 3 aromatic rings. The maximum atomic E-state index is 12.2. The maximum Gasteiger partial charge on any atom is 0.360 e. The molecule has 1 saturated heterocycles. The Balaban J connectivity index is 1.71. The number of fused-ring (bicyclic) bond motifs is 1. The van der Waals surface area contributed by atoms with Crippen LogP contribution in [0.25, 0.3) is 16.0 Å². The van der Waals surface area contributed by atoms with Crippen molar-refractivity contribution < 1.29 is 19.4 Å². The van der Waals surface area contributed by atoms with Gasteiger partial charge in [-0.2, -0.15) is 5.10 Å². The summed E-state index contributed by atoms with van der Waals surface area (Å²) in [6.45, 7) is 2.46. The summed E-state index contributed by atoms with van der Waals surface area (Å²) >= 11 is 1.32. The number of likely N-dealkylation sites (N-methyl/N-ethyl adjacent to an activating group) is 1. The van der Waals surface area contributed by atoms with Gasteiger partial charge in [0.15, 0.2) is 11.3 Å². The van der Waals surface area contributed by atoms with Gasteiger partial charge in [0.1, 0.15) is 4.70 Å². The summed E-state index contributed by atoms with van der Waals surface area (Å²) in [4.78, 5) is 30.1. The molecule has 1 fully saturated rings. The first-order chi connectivity index (χ1) is 13.9. The highest BCUT2D eigenvalue weighted by molar-refractivity contribution is 7.17. The molecule has 0 bridgehead atoms. The Morgan fingerprint density at radius 2 is 2.28 bits per heavy atom. The summed E-state index contributed by atoms with van der Waals surface area (Å²) in [5, 5.41) is 14.8. The zero-order valence-electron chi connectivity index (χ0n) is 15.9. The number of carbonyl (C=O) groups is 2. The predicted molar refractivity (Wildman–Crippen MR) is 107 cm³/mol. The van der Waals surface area contributed by atoms with E-state index in [1.54, 1.807) is 42.4 Å². The third-order valence-corrected chi connectivity index (χ3v) is 5.47. The highest BCUT2D eigenvalue weighted by Gasteiger charge is 2.42. The van der Waals surface area contributed by atoms with Crippen LogP contribution in [0.1, 0.15) is 29.4 Å². The third kappa shape index (κ3) is 3.37. The van der Waals surface area contributed by atoms with Crippen molar-refractivity contribution in [3.8, 4) is 17.5 Å². The Morgan fingerprint density at radius 1 is 1.45 bits per heavy atom. The van der Waals surface area contributed by atoms with Crippen LogP contribution in [-0.4, -0.2) is 62.4 Å². The van der Waals surface area contributed by atoms with Crippen LogP contribution >= 0.6 is 11.3 Å². The van der Waals surface area contributed by atoms with E-state index in [4.69, 9.17) is 4.74 Å². The van der Waals surface area contributed by atoms with Crippen molar-refractivity contribution >= 4 is 33.6 Å². The van der Waals surface area contributed by atoms with Gasteiger partial charge in [-0.3, -0.25) is 4.79 Å². The quantitative estimate of drug-likeness (QED) is 0.520. The van der Waals surface area contributed by atoms with E-state index >= 15 is 0 Å². The van der Waals surface area contributed by atoms with E-state index in [1.807, 2.05) is 6.07 Å². The number of thiazole rings is 1. The summed E-state index contributed by atoms with van der Waals surface area (Å²) in [5.74, 6) is 4.69. The van der Waals surface area contributed by atoms with Gasteiger partial charge in [-0.15, -0.1) is 11.3 Å². The molecule has 4 rings (SSSR count). The molecule has 1 amide bonds. The van der Waals surface area contributed by atoms with Gasteiger partial charge in [0.05, 0.1) is 17.8 Å². The fourth-order valence-electron chi connectivity index (χ4n) is 3.12. The number of carbonyl (C=O) groups excluding carboxylic acids is 2. The largest absolute Gasteiger partial charge is 0.461 e. The molecular weight excluding hydrogens is 392 g/mol. The van der Waals surface area contributed by atoms with Crippen LogP contribution in [0, 0.1) is 11.8 Å². The molecule has 0 radical (unpaired) electrons. The molecule has 9 heteroatoms. The fourth-order valence-corrected chi connectivity index (χ4v) is 3.86. The first-order valence-corrected chi connectivity index (χ1v) is 9.92. The van der Waals surface area contributed by atoms with Crippen molar-refractivity contribution in [3.63, 3.8) is 0 Å². The average molecular weight is 410 g/mol.